The molecule has 10 atom stereocenters. The number of hydrogen-bond acceptors (Lipinski definition) is 5. The average molecular weight is 723 g/mol. The summed E-state index contributed by atoms with van der Waals surface area (Å²) in [4.78, 5) is 42.3. The summed E-state index contributed by atoms with van der Waals surface area (Å²) in [5.74, 6) is 1.15. The normalized spacial score (nSPS) is 41.8. The van der Waals surface area contributed by atoms with E-state index in [0.29, 0.717) is 35.5 Å². The number of carbonyl (C=O) groups excluding carboxylic acids is 2. The number of fused-ring (bicyclic) bond motifs is 7. The number of ether oxygens (including phenoxy) is 1. The maximum absolute atomic E-state index is 14.9. The Hall–Kier alpha value is -1.89. The molecule has 0 spiro atoms. The molecule has 0 unspecified atom stereocenters. The number of nitrogens with zero attached hydrogens (tertiary/aromatic N) is 1. The molecule has 0 radical (unpaired) electrons. The van der Waals surface area contributed by atoms with Gasteiger partial charge in [-0.1, -0.05) is 53.2 Å². The van der Waals surface area contributed by atoms with Crippen molar-refractivity contribution < 1.29 is 24.2 Å². The molecule has 7 nitrogen and oxygen atoms in total. The van der Waals surface area contributed by atoms with Crippen LogP contribution in [0.15, 0.2) is 12.2 Å². The summed E-state index contributed by atoms with van der Waals surface area (Å²) in [6.45, 7) is 30.1. The fraction of sp³-hybridized carbons (Fsp3) is 0.889. The molecule has 0 bridgehead atoms. The van der Waals surface area contributed by atoms with Crippen molar-refractivity contribution in [3.05, 3.63) is 12.2 Å². The van der Waals surface area contributed by atoms with Crippen LogP contribution in [-0.2, 0) is 19.1 Å². The van der Waals surface area contributed by atoms with Crippen molar-refractivity contribution in [1.29, 1.82) is 0 Å². The predicted molar refractivity (Wildman–Crippen MR) is 207 cm³/mol. The molecule has 2 N–H and O–H groups in total. The van der Waals surface area contributed by atoms with Crippen LogP contribution in [-0.4, -0.2) is 59.1 Å². The molecule has 6 fully saturated rings. The van der Waals surface area contributed by atoms with Crippen LogP contribution in [0.25, 0.3) is 0 Å². The van der Waals surface area contributed by atoms with E-state index in [1.165, 1.54) is 37.7 Å². The minimum absolute atomic E-state index is 0.112. The molecule has 6 rings (SSSR count). The van der Waals surface area contributed by atoms with Gasteiger partial charge in [0.15, 0.2) is 0 Å². The van der Waals surface area contributed by atoms with E-state index in [9.17, 15) is 19.5 Å². The third-order valence-corrected chi connectivity index (χ3v) is 17.4. The standard InChI is InChI=1S/C45H74N2O5/c1-29(2)30-17-22-45(37(49)46-40(5,6)28-47-25-13-12-14-26-47)24-23-43(10)31(36(30)45)15-16-33-42(9)20-19-34(52-35(48)27-39(3,4)38(50)51)41(7,8)32(42)18-21-44(33,43)11/h30-34,36H,1,12-28H2,2-11H3,(H,46,49)(H,50,51)/t30-,31+,32-,33+,34-,36+,42-,43+,44+,45-/m0/s1. The monoisotopic (exact) mass is 723 g/mol. The Balaban J connectivity index is 1.24. The number of hydrogen-bond donors (Lipinski definition) is 2. The Morgan fingerprint density at radius 1 is 0.827 bits per heavy atom. The van der Waals surface area contributed by atoms with E-state index < -0.39 is 17.4 Å². The average Bonchev–Trinajstić information content (AvgIpc) is 3.44. The van der Waals surface area contributed by atoms with Gasteiger partial charge in [-0.25, -0.2) is 0 Å². The summed E-state index contributed by atoms with van der Waals surface area (Å²) < 4.78 is 6.19. The second-order valence-corrected chi connectivity index (χ2v) is 21.7. The van der Waals surface area contributed by atoms with Crippen LogP contribution in [0, 0.1) is 62.1 Å². The zero-order valence-electron chi connectivity index (χ0n) is 34.7. The summed E-state index contributed by atoms with van der Waals surface area (Å²) in [6.07, 6.45) is 14.1. The fourth-order valence-corrected chi connectivity index (χ4v) is 14.5. The number of likely N-dealkylation sites (tertiary alicyclic amines) is 1. The first-order chi connectivity index (χ1) is 24.0. The Kier molecular flexibility index (Phi) is 10.3. The highest BCUT2D eigenvalue weighted by Crippen LogP contribution is 2.77. The van der Waals surface area contributed by atoms with Crippen LogP contribution < -0.4 is 5.32 Å². The summed E-state index contributed by atoms with van der Waals surface area (Å²) in [5, 5.41) is 13.3. The number of esters is 1. The van der Waals surface area contributed by atoms with Gasteiger partial charge in [0.05, 0.1) is 17.3 Å². The van der Waals surface area contributed by atoms with Crippen molar-refractivity contribution in [3.8, 4) is 0 Å². The zero-order chi connectivity index (χ0) is 38.3. The number of carbonyl (C=O) groups is 3. The third kappa shape index (κ3) is 6.31. The summed E-state index contributed by atoms with van der Waals surface area (Å²) in [5.41, 5.74) is -0.251. The van der Waals surface area contributed by atoms with E-state index in [1.54, 1.807) is 13.8 Å². The van der Waals surface area contributed by atoms with Gasteiger partial charge in [0.25, 0.3) is 0 Å². The molecule has 294 valence electrons. The van der Waals surface area contributed by atoms with Gasteiger partial charge in [-0.3, -0.25) is 14.4 Å². The molecule has 52 heavy (non-hydrogen) atoms. The Bertz CT molecular complexity index is 1430. The molecular formula is C45H74N2O5. The molecule has 7 heteroatoms. The third-order valence-electron chi connectivity index (χ3n) is 17.4. The highest BCUT2D eigenvalue weighted by atomic mass is 16.5. The van der Waals surface area contributed by atoms with E-state index >= 15 is 0 Å². The number of rotatable bonds is 9. The number of carboxylic acid groups (broad SMARTS) is 1. The Morgan fingerprint density at radius 2 is 1.50 bits per heavy atom. The van der Waals surface area contributed by atoms with Crippen LogP contribution in [0.5, 0.6) is 0 Å². The lowest BCUT2D eigenvalue weighted by Crippen LogP contribution is -2.68. The first-order valence-corrected chi connectivity index (χ1v) is 21.2. The molecule has 5 aliphatic carbocycles. The maximum atomic E-state index is 14.9. The van der Waals surface area contributed by atoms with E-state index in [2.05, 4.69) is 72.2 Å². The summed E-state index contributed by atoms with van der Waals surface area (Å²) >= 11 is 0. The molecule has 6 aliphatic rings. The second-order valence-electron chi connectivity index (χ2n) is 21.7. The molecule has 0 aromatic rings. The Labute approximate surface area is 316 Å². The topological polar surface area (TPSA) is 95.9 Å². The number of allylic oxidation sites excluding steroid dienone is 1. The Morgan fingerprint density at radius 3 is 2.13 bits per heavy atom. The van der Waals surface area contributed by atoms with Crippen molar-refractivity contribution in [3.63, 3.8) is 0 Å². The van der Waals surface area contributed by atoms with Crippen LogP contribution in [0.3, 0.4) is 0 Å². The lowest BCUT2D eigenvalue weighted by molar-refractivity contribution is -0.249. The van der Waals surface area contributed by atoms with Gasteiger partial charge in [0.2, 0.25) is 5.91 Å². The highest BCUT2D eigenvalue weighted by Gasteiger charge is 2.72. The number of piperidine rings is 1. The zero-order valence-corrected chi connectivity index (χ0v) is 34.7. The van der Waals surface area contributed by atoms with Crippen molar-refractivity contribution >= 4 is 17.8 Å². The molecule has 1 saturated heterocycles. The molecule has 5 saturated carbocycles. The first-order valence-electron chi connectivity index (χ1n) is 21.2. The molecule has 1 aliphatic heterocycles. The lowest BCUT2D eigenvalue weighted by Gasteiger charge is -2.73. The fourth-order valence-electron chi connectivity index (χ4n) is 14.5. The smallest absolute Gasteiger partial charge is 0.309 e. The number of carboxylic acids is 1. The maximum Gasteiger partial charge on any atom is 0.309 e. The highest BCUT2D eigenvalue weighted by molar-refractivity contribution is 5.84. The molecule has 1 amide bonds. The van der Waals surface area contributed by atoms with Gasteiger partial charge >= 0.3 is 11.9 Å². The molecule has 0 aromatic carbocycles. The first kappa shape index (κ1) is 39.8. The van der Waals surface area contributed by atoms with Gasteiger partial charge in [0, 0.05) is 17.5 Å². The lowest BCUT2D eigenvalue weighted by atomic mass is 9.32. The number of nitrogens with one attached hydrogen (secondary N) is 1. The molecule has 0 aromatic heterocycles. The second kappa shape index (κ2) is 13.4. The van der Waals surface area contributed by atoms with E-state index in [1.807, 2.05) is 0 Å². The van der Waals surface area contributed by atoms with Crippen molar-refractivity contribution in [2.24, 2.45) is 62.1 Å². The number of amides is 1. The van der Waals surface area contributed by atoms with Crippen molar-refractivity contribution in [2.45, 2.75) is 171 Å². The van der Waals surface area contributed by atoms with Crippen LogP contribution in [0.1, 0.15) is 159 Å². The van der Waals surface area contributed by atoms with Crippen molar-refractivity contribution in [1.82, 2.24) is 10.2 Å². The van der Waals surface area contributed by atoms with Gasteiger partial charge in [-0.2, -0.15) is 0 Å². The van der Waals surface area contributed by atoms with E-state index in [0.717, 1.165) is 71.0 Å². The SMILES string of the molecule is C=C(C)[C@@H]1CC[C@]2(C(=O)NC(C)(C)CN3CCCCC3)CC[C@]3(C)[C@H](CC[C@@H]4[C@@]5(C)CC[C@H](OC(=O)CC(C)(C)C(=O)O)C(C)(C)[C@@H]5CC[C@]43C)[C@@H]12. The van der Waals surface area contributed by atoms with Crippen LogP contribution in [0.4, 0.5) is 0 Å². The van der Waals surface area contributed by atoms with Crippen molar-refractivity contribution in [2.75, 3.05) is 19.6 Å². The summed E-state index contributed by atoms with van der Waals surface area (Å²) in [7, 11) is 0. The minimum Gasteiger partial charge on any atom is -0.481 e. The van der Waals surface area contributed by atoms with Crippen LogP contribution >= 0.6 is 0 Å². The van der Waals surface area contributed by atoms with Gasteiger partial charge in [-0.05, 0) is 171 Å². The largest absolute Gasteiger partial charge is 0.481 e. The molecular weight excluding hydrogens is 649 g/mol. The quantitative estimate of drug-likeness (QED) is 0.182. The van der Waals surface area contributed by atoms with Gasteiger partial charge in [-0.15, -0.1) is 0 Å². The number of aliphatic carboxylic acids is 1. The predicted octanol–water partition coefficient (Wildman–Crippen LogP) is 9.44. The van der Waals surface area contributed by atoms with E-state index in [4.69, 9.17) is 4.74 Å². The van der Waals surface area contributed by atoms with E-state index in [-0.39, 0.29) is 45.1 Å². The van der Waals surface area contributed by atoms with Gasteiger partial charge < -0.3 is 20.1 Å². The molecule has 1 heterocycles. The van der Waals surface area contributed by atoms with Crippen LogP contribution in [0.2, 0.25) is 0 Å². The summed E-state index contributed by atoms with van der Waals surface area (Å²) in [6, 6.07) is 0. The minimum atomic E-state index is -1.14. The van der Waals surface area contributed by atoms with Gasteiger partial charge in [0.1, 0.15) is 6.10 Å².